The largest absolute Gasteiger partial charge is 0.508 e. The molecule has 0 bridgehead atoms. The van der Waals surface area contributed by atoms with Crippen molar-refractivity contribution in [2.75, 3.05) is 13.2 Å². The number of nitrogens with zero attached hydrogens (tertiary/aromatic N) is 1. The lowest BCUT2D eigenvalue weighted by Crippen LogP contribution is -2.44. The molecule has 0 spiro atoms. The van der Waals surface area contributed by atoms with E-state index < -0.39 is 0 Å². The van der Waals surface area contributed by atoms with Gasteiger partial charge >= 0.3 is 0 Å². The highest BCUT2D eigenvalue weighted by atomic mass is 16.5. The van der Waals surface area contributed by atoms with E-state index in [1.165, 1.54) is 0 Å². The van der Waals surface area contributed by atoms with Gasteiger partial charge in [-0.25, -0.2) is 0 Å². The summed E-state index contributed by atoms with van der Waals surface area (Å²) in [5, 5.41) is 10.0. The minimum Gasteiger partial charge on any atom is -0.508 e. The van der Waals surface area contributed by atoms with Crippen molar-refractivity contribution in [1.29, 1.82) is 0 Å². The number of ether oxygens (including phenoxy) is 1. The van der Waals surface area contributed by atoms with Crippen molar-refractivity contribution in [3.05, 3.63) is 35.6 Å². The van der Waals surface area contributed by atoms with Crippen LogP contribution in [0.25, 0.3) is 0 Å². The minimum atomic E-state index is 0.171. The lowest BCUT2D eigenvalue weighted by molar-refractivity contribution is -0.122. The lowest BCUT2D eigenvalue weighted by atomic mass is 9.77. The first-order valence-corrected chi connectivity index (χ1v) is 8.41. The van der Waals surface area contributed by atoms with Gasteiger partial charge in [0, 0.05) is 23.1 Å². The Morgan fingerprint density at radius 3 is 2.68 bits per heavy atom. The van der Waals surface area contributed by atoms with Crippen LogP contribution >= 0.6 is 0 Å². The predicted molar refractivity (Wildman–Crippen MR) is 92.4 cm³/mol. The summed E-state index contributed by atoms with van der Waals surface area (Å²) in [7, 11) is 0. The smallest absolute Gasteiger partial charge is 0.120 e. The van der Waals surface area contributed by atoms with Gasteiger partial charge in [0.2, 0.25) is 0 Å². The Labute approximate surface area is 134 Å². The molecule has 0 aromatic rings. The summed E-state index contributed by atoms with van der Waals surface area (Å²) in [6.07, 6.45) is 11.3. The number of aliphatic hydroxyl groups excluding tert-OH is 1. The zero-order valence-corrected chi connectivity index (χ0v) is 14.3. The maximum absolute atomic E-state index is 10.0. The van der Waals surface area contributed by atoms with Gasteiger partial charge in [0.05, 0.1) is 19.3 Å². The third kappa shape index (κ3) is 3.70. The molecule has 3 nitrogen and oxygen atoms in total. The van der Waals surface area contributed by atoms with Crippen LogP contribution in [0, 0.1) is 11.3 Å². The Morgan fingerprint density at radius 2 is 2.18 bits per heavy atom. The van der Waals surface area contributed by atoms with Gasteiger partial charge in [0.1, 0.15) is 5.76 Å². The van der Waals surface area contributed by atoms with E-state index >= 15 is 0 Å². The first kappa shape index (κ1) is 17.0. The second kappa shape index (κ2) is 7.28. The normalized spacial score (nSPS) is 27.5. The average Bonchev–Trinajstić information content (AvgIpc) is 2.46. The van der Waals surface area contributed by atoms with E-state index in [1.807, 2.05) is 19.9 Å². The summed E-state index contributed by atoms with van der Waals surface area (Å²) >= 11 is 0. The standard InChI is InChI=1S/C19H29NO2/c1-5-8-15-9-14(4)18(21)10-17(15)20-16(6-2)11-19(7-3)12-22-13-19/h5,8-10,15-16,21H,6-7,11-13H2,1-4H3/b8-5?,20-17-. The molecule has 0 aromatic heterocycles. The van der Waals surface area contributed by atoms with Crippen LogP contribution in [0.2, 0.25) is 0 Å². The molecule has 0 radical (unpaired) electrons. The van der Waals surface area contributed by atoms with E-state index in [-0.39, 0.29) is 5.92 Å². The Bertz CT molecular complexity index is 504. The minimum absolute atomic E-state index is 0.171. The molecule has 1 aliphatic heterocycles. The molecule has 1 N–H and O–H groups in total. The Morgan fingerprint density at radius 1 is 1.45 bits per heavy atom. The van der Waals surface area contributed by atoms with E-state index in [0.29, 0.717) is 17.2 Å². The van der Waals surface area contributed by atoms with Crippen molar-refractivity contribution in [2.45, 2.75) is 53.0 Å². The molecule has 22 heavy (non-hydrogen) atoms. The van der Waals surface area contributed by atoms with E-state index in [1.54, 1.807) is 0 Å². The van der Waals surface area contributed by atoms with Crippen molar-refractivity contribution in [3.63, 3.8) is 0 Å². The fourth-order valence-corrected chi connectivity index (χ4v) is 3.12. The SMILES string of the molecule is CC=CC1C=C(C)C(O)=C/C1=N/C(CC)CC1(CC)COC1. The van der Waals surface area contributed by atoms with Crippen molar-refractivity contribution < 1.29 is 9.84 Å². The van der Waals surface area contributed by atoms with E-state index in [4.69, 9.17) is 9.73 Å². The third-order valence-electron chi connectivity index (χ3n) is 4.90. The van der Waals surface area contributed by atoms with Gasteiger partial charge < -0.3 is 9.84 Å². The number of rotatable bonds is 6. The molecule has 0 saturated carbocycles. The van der Waals surface area contributed by atoms with Crippen molar-refractivity contribution in [2.24, 2.45) is 16.3 Å². The van der Waals surface area contributed by atoms with Gasteiger partial charge in [-0.3, -0.25) is 4.99 Å². The lowest BCUT2D eigenvalue weighted by Gasteiger charge is -2.42. The van der Waals surface area contributed by atoms with Gasteiger partial charge in [0.15, 0.2) is 0 Å². The van der Waals surface area contributed by atoms with Crippen LogP contribution < -0.4 is 0 Å². The summed E-state index contributed by atoms with van der Waals surface area (Å²) < 4.78 is 5.43. The quantitative estimate of drug-likeness (QED) is 0.728. The van der Waals surface area contributed by atoms with Crippen LogP contribution in [0.15, 0.2) is 40.6 Å². The summed E-state index contributed by atoms with van der Waals surface area (Å²) in [6.45, 7) is 10.1. The molecule has 0 aromatic carbocycles. The third-order valence-corrected chi connectivity index (χ3v) is 4.90. The van der Waals surface area contributed by atoms with Gasteiger partial charge in [-0.05, 0) is 38.7 Å². The van der Waals surface area contributed by atoms with Crippen LogP contribution in [0.4, 0.5) is 0 Å². The summed E-state index contributed by atoms with van der Waals surface area (Å²) in [4.78, 5) is 4.98. The summed E-state index contributed by atoms with van der Waals surface area (Å²) in [5.41, 5.74) is 2.21. The topological polar surface area (TPSA) is 41.8 Å². The second-order valence-electron chi connectivity index (χ2n) is 6.60. The monoisotopic (exact) mass is 303 g/mol. The van der Waals surface area contributed by atoms with Gasteiger partial charge in [-0.1, -0.05) is 32.1 Å². The maximum Gasteiger partial charge on any atom is 0.120 e. The van der Waals surface area contributed by atoms with E-state index in [2.05, 4.69) is 32.1 Å². The fraction of sp³-hybridized carbons (Fsp3) is 0.632. The van der Waals surface area contributed by atoms with Crippen LogP contribution in [0.5, 0.6) is 0 Å². The maximum atomic E-state index is 10.0. The molecule has 2 unspecified atom stereocenters. The molecule has 122 valence electrons. The Kier molecular flexibility index (Phi) is 5.63. The summed E-state index contributed by atoms with van der Waals surface area (Å²) in [6, 6.07) is 0.294. The van der Waals surface area contributed by atoms with Crippen molar-refractivity contribution >= 4 is 5.71 Å². The molecule has 2 aliphatic rings. The fourth-order valence-electron chi connectivity index (χ4n) is 3.12. The molecule has 2 atom stereocenters. The van der Waals surface area contributed by atoms with Crippen LogP contribution in [-0.4, -0.2) is 30.1 Å². The van der Waals surface area contributed by atoms with Crippen LogP contribution in [0.1, 0.15) is 47.0 Å². The highest BCUT2D eigenvalue weighted by Gasteiger charge is 2.38. The first-order chi connectivity index (χ1) is 10.5. The highest BCUT2D eigenvalue weighted by molar-refractivity contribution is 6.01. The molecule has 2 rings (SSSR count). The van der Waals surface area contributed by atoms with Gasteiger partial charge in [-0.2, -0.15) is 0 Å². The average molecular weight is 303 g/mol. The second-order valence-corrected chi connectivity index (χ2v) is 6.60. The van der Waals surface area contributed by atoms with Gasteiger partial charge in [-0.15, -0.1) is 0 Å². The number of aliphatic hydroxyl groups is 1. The molecule has 3 heteroatoms. The molecular weight excluding hydrogens is 274 g/mol. The van der Waals surface area contributed by atoms with E-state index in [9.17, 15) is 5.11 Å². The Balaban J connectivity index is 2.19. The van der Waals surface area contributed by atoms with E-state index in [0.717, 1.165) is 43.8 Å². The molecule has 1 saturated heterocycles. The number of aliphatic imine (C=N–C) groups is 1. The van der Waals surface area contributed by atoms with Crippen molar-refractivity contribution in [1.82, 2.24) is 0 Å². The van der Waals surface area contributed by atoms with Crippen LogP contribution in [0.3, 0.4) is 0 Å². The molecular formula is C19H29NO2. The van der Waals surface area contributed by atoms with Crippen LogP contribution in [-0.2, 0) is 4.74 Å². The molecule has 1 aliphatic carbocycles. The molecule has 0 amide bonds. The number of hydrogen-bond acceptors (Lipinski definition) is 3. The first-order valence-electron chi connectivity index (χ1n) is 8.41. The predicted octanol–water partition coefficient (Wildman–Crippen LogP) is 4.62. The molecule has 1 fully saturated rings. The zero-order valence-electron chi connectivity index (χ0n) is 14.3. The zero-order chi connectivity index (χ0) is 16.2. The van der Waals surface area contributed by atoms with Crippen molar-refractivity contribution in [3.8, 4) is 0 Å². The highest BCUT2D eigenvalue weighted by Crippen LogP contribution is 2.37. The summed E-state index contributed by atoms with van der Waals surface area (Å²) in [5.74, 6) is 0.511. The molecule has 1 heterocycles. The Hall–Kier alpha value is -1.35. The number of allylic oxidation sites excluding steroid dienone is 5. The van der Waals surface area contributed by atoms with Gasteiger partial charge in [0.25, 0.3) is 0 Å². The number of hydrogen-bond donors (Lipinski definition) is 1.